The summed E-state index contributed by atoms with van der Waals surface area (Å²) in [5, 5.41) is 3.12. The Morgan fingerprint density at radius 3 is 2.81 bits per heavy atom. The summed E-state index contributed by atoms with van der Waals surface area (Å²) >= 11 is 0. The van der Waals surface area contributed by atoms with E-state index >= 15 is 0 Å². The second-order valence-electron chi connectivity index (χ2n) is 4.59. The number of carbonyl (C=O) groups is 1. The van der Waals surface area contributed by atoms with Crippen molar-refractivity contribution in [1.82, 2.24) is 4.98 Å². The Morgan fingerprint density at radius 2 is 2.10 bits per heavy atom. The molecule has 0 fully saturated rings. The van der Waals surface area contributed by atoms with Crippen LogP contribution < -0.4 is 11.1 Å². The van der Waals surface area contributed by atoms with Gasteiger partial charge in [-0.15, -0.1) is 0 Å². The van der Waals surface area contributed by atoms with Gasteiger partial charge in [0.2, 0.25) is 0 Å². The minimum Gasteiger partial charge on any atom is -0.462 e. The number of nitrogens with zero attached hydrogens (tertiary/aromatic N) is 1. The van der Waals surface area contributed by atoms with Gasteiger partial charge in [0.05, 0.1) is 17.9 Å². The smallest absolute Gasteiger partial charge is 0.340 e. The molecular weight excluding hydrogens is 270 g/mol. The largest absolute Gasteiger partial charge is 0.462 e. The molecule has 1 rings (SSSR count). The number of rotatable bonds is 10. The molecule has 118 valence electrons. The highest BCUT2D eigenvalue weighted by atomic mass is 16.5. The lowest BCUT2D eigenvalue weighted by Crippen LogP contribution is -2.13. The van der Waals surface area contributed by atoms with Gasteiger partial charge in [0.1, 0.15) is 5.82 Å². The molecule has 1 aromatic rings. The van der Waals surface area contributed by atoms with Crippen LogP contribution in [0.1, 0.15) is 43.5 Å². The number of unbranched alkanes of at least 4 members (excludes halogenated alkanes) is 1. The van der Waals surface area contributed by atoms with Crippen LogP contribution in [0.4, 0.5) is 11.5 Å². The number of hydrogen-bond donors (Lipinski definition) is 2. The molecule has 0 unspecified atom stereocenters. The SMILES string of the molecule is CCCCOCCCNc1nccc(C(=O)OCC)c1N. The Morgan fingerprint density at radius 1 is 1.33 bits per heavy atom. The fraction of sp³-hybridized carbons (Fsp3) is 0.600. The predicted molar refractivity (Wildman–Crippen MR) is 83.4 cm³/mol. The third kappa shape index (κ3) is 5.99. The van der Waals surface area contributed by atoms with E-state index < -0.39 is 5.97 Å². The maximum atomic E-state index is 11.7. The van der Waals surface area contributed by atoms with Gasteiger partial charge in [-0.05, 0) is 25.8 Å². The van der Waals surface area contributed by atoms with Gasteiger partial charge < -0.3 is 20.5 Å². The molecule has 6 nitrogen and oxygen atoms in total. The summed E-state index contributed by atoms with van der Waals surface area (Å²) in [6.07, 6.45) is 4.63. The molecule has 0 aliphatic rings. The topological polar surface area (TPSA) is 86.5 Å². The fourth-order valence-corrected chi connectivity index (χ4v) is 1.73. The summed E-state index contributed by atoms with van der Waals surface area (Å²) in [5.74, 6) is 0.0810. The van der Waals surface area contributed by atoms with Crippen LogP contribution in [0.25, 0.3) is 0 Å². The standard InChI is InChI=1S/C15H25N3O3/c1-3-5-10-20-11-6-8-17-14-13(16)12(7-9-18-14)15(19)21-4-2/h7,9H,3-6,8,10-11,16H2,1-2H3,(H,17,18). The van der Waals surface area contributed by atoms with Gasteiger partial charge in [0.15, 0.2) is 0 Å². The molecule has 0 spiro atoms. The van der Waals surface area contributed by atoms with Crippen LogP contribution in [-0.2, 0) is 9.47 Å². The molecule has 0 amide bonds. The van der Waals surface area contributed by atoms with Crippen LogP contribution >= 0.6 is 0 Å². The zero-order valence-electron chi connectivity index (χ0n) is 12.9. The van der Waals surface area contributed by atoms with E-state index in [0.29, 0.717) is 36.8 Å². The van der Waals surface area contributed by atoms with E-state index in [0.717, 1.165) is 25.9 Å². The molecule has 0 aliphatic carbocycles. The molecular formula is C15H25N3O3. The van der Waals surface area contributed by atoms with Crippen molar-refractivity contribution in [2.24, 2.45) is 0 Å². The molecule has 0 radical (unpaired) electrons. The van der Waals surface area contributed by atoms with Crippen LogP contribution in [0.3, 0.4) is 0 Å². The highest BCUT2D eigenvalue weighted by Gasteiger charge is 2.14. The van der Waals surface area contributed by atoms with Crippen LogP contribution in [0.2, 0.25) is 0 Å². The Hall–Kier alpha value is -1.82. The van der Waals surface area contributed by atoms with Crippen molar-refractivity contribution in [1.29, 1.82) is 0 Å². The van der Waals surface area contributed by atoms with Crippen molar-refractivity contribution in [3.8, 4) is 0 Å². The zero-order chi connectivity index (χ0) is 15.5. The van der Waals surface area contributed by atoms with E-state index in [1.54, 1.807) is 19.2 Å². The molecule has 0 aliphatic heterocycles. The van der Waals surface area contributed by atoms with Gasteiger partial charge in [-0.2, -0.15) is 0 Å². The maximum Gasteiger partial charge on any atom is 0.340 e. The zero-order valence-corrected chi connectivity index (χ0v) is 12.9. The van der Waals surface area contributed by atoms with Crippen molar-refractivity contribution in [3.63, 3.8) is 0 Å². The van der Waals surface area contributed by atoms with Crippen molar-refractivity contribution < 1.29 is 14.3 Å². The van der Waals surface area contributed by atoms with E-state index in [4.69, 9.17) is 15.2 Å². The quantitative estimate of drug-likeness (QED) is 0.509. The number of aromatic nitrogens is 1. The average Bonchev–Trinajstić information content (AvgIpc) is 2.48. The molecule has 0 saturated heterocycles. The molecule has 0 aromatic carbocycles. The summed E-state index contributed by atoms with van der Waals surface area (Å²) in [6.45, 7) is 6.40. The van der Waals surface area contributed by atoms with E-state index in [-0.39, 0.29) is 0 Å². The van der Waals surface area contributed by atoms with Gasteiger partial charge in [0, 0.05) is 26.0 Å². The van der Waals surface area contributed by atoms with Crippen LogP contribution in [-0.4, -0.2) is 37.3 Å². The van der Waals surface area contributed by atoms with Crippen molar-refractivity contribution >= 4 is 17.5 Å². The summed E-state index contributed by atoms with van der Waals surface area (Å²) in [5.41, 5.74) is 6.60. The highest BCUT2D eigenvalue weighted by molar-refractivity contribution is 5.97. The lowest BCUT2D eigenvalue weighted by Gasteiger charge is -2.11. The normalized spacial score (nSPS) is 10.4. The van der Waals surface area contributed by atoms with Crippen LogP contribution in [0.5, 0.6) is 0 Å². The van der Waals surface area contributed by atoms with Crippen molar-refractivity contribution in [2.75, 3.05) is 37.4 Å². The summed E-state index contributed by atoms with van der Waals surface area (Å²) in [6, 6.07) is 1.56. The number of nitrogen functional groups attached to an aromatic ring is 1. The number of carbonyl (C=O) groups excluding carboxylic acids is 1. The number of ether oxygens (including phenoxy) is 2. The lowest BCUT2D eigenvalue weighted by molar-refractivity contribution is 0.0527. The molecule has 21 heavy (non-hydrogen) atoms. The Bertz CT molecular complexity index is 438. The van der Waals surface area contributed by atoms with Gasteiger partial charge in [-0.25, -0.2) is 9.78 Å². The van der Waals surface area contributed by atoms with Crippen molar-refractivity contribution in [3.05, 3.63) is 17.8 Å². The minimum atomic E-state index is -0.427. The number of pyridine rings is 1. The first-order valence-electron chi connectivity index (χ1n) is 7.43. The molecule has 0 atom stereocenters. The van der Waals surface area contributed by atoms with E-state index in [2.05, 4.69) is 17.2 Å². The second kappa shape index (κ2) is 9.99. The number of nitrogens with one attached hydrogen (secondary N) is 1. The van der Waals surface area contributed by atoms with Gasteiger partial charge in [-0.1, -0.05) is 13.3 Å². The van der Waals surface area contributed by atoms with E-state index in [1.807, 2.05) is 0 Å². The Labute approximate surface area is 126 Å². The number of nitrogens with two attached hydrogens (primary N) is 1. The van der Waals surface area contributed by atoms with E-state index in [1.165, 1.54) is 0 Å². The van der Waals surface area contributed by atoms with Crippen LogP contribution in [0, 0.1) is 0 Å². The van der Waals surface area contributed by atoms with Gasteiger partial charge in [-0.3, -0.25) is 0 Å². The summed E-state index contributed by atoms with van der Waals surface area (Å²) in [4.78, 5) is 15.9. The number of hydrogen-bond acceptors (Lipinski definition) is 6. The van der Waals surface area contributed by atoms with Crippen LogP contribution in [0.15, 0.2) is 12.3 Å². The monoisotopic (exact) mass is 295 g/mol. The molecule has 3 N–H and O–H groups in total. The van der Waals surface area contributed by atoms with Crippen molar-refractivity contribution in [2.45, 2.75) is 33.1 Å². The predicted octanol–water partition coefficient (Wildman–Crippen LogP) is 2.46. The summed E-state index contributed by atoms with van der Waals surface area (Å²) < 4.78 is 10.4. The summed E-state index contributed by atoms with van der Waals surface area (Å²) in [7, 11) is 0. The Balaban J connectivity index is 2.41. The number of anilines is 2. The van der Waals surface area contributed by atoms with E-state index in [9.17, 15) is 4.79 Å². The lowest BCUT2D eigenvalue weighted by atomic mass is 10.2. The highest BCUT2D eigenvalue weighted by Crippen LogP contribution is 2.20. The Kier molecular flexibility index (Phi) is 8.19. The first-order valence-corrected chi connectivity index (χ1v) is 7.43. The first kappa shape index (κ1) is 17.2. The molecule has 6 heteroatoms. The fourth-order valence-electron chi connectivity index (χ4n) is 1.73. The number of esters is 1. The molecule has 1 heterocycles. The molecule has 1 aromatic heterocycles. The first-order chi connectivity index (χ1) is 10.2. The van der Waals surface area contributed by atoms with Gasteiger partial charge >= 0.3 is 5.97 Å². The average molecular weight is 295 g/mol. The molecule has 0 saturated carbocycles. The second-order valence-corrected chi connectivity index (χ2v) is 4.59. The minimum absolute atomic E-state index is 0.318. The van der Waals surface area contributed by atoms with Gasteiger partial charge in [0.25, 0.3) is 0 Å². The third-order valence-electron chi connectivity index (χ3n) is 2.89. The molecule has 0 bridgehead atoms. The third-order valence-corrected chi connectivity index (χ3v) is 2.89. The maximum absolute atomic E-state index is 11.7.